The van der Waals surface area contributed by atoms with Crippen LogP contribution >= 0.6 is 0 Å². The minimum absolute atomic E-state index is 0.0519. The van der Waals surface area contributed by atoms with Crippen molar-refractivity contribution >= 4 is 11.9 Å². The van der Waals surface area contributed by atoms with E-state index < -0.39 is 0 Å². The maximum Gasteiger partial charge on any atom is 0.209 e. The second-order valence-corrected chi connectivity index (χ2v) is 5.74. The third kappa shape index (κ3) is 3.63. The van der Waals surface area contributed by atoms with Crippen LogP contribution in [0.3, 0.4) is 0 Å². The highest BCUT2D eigenvalue weighted by Crippen LogP contribution is 2.15. The van der Waals surface area contributed by atoms with Gasteiger partial charge in [-0.2, -0.15) is 0 Å². The van der Waals surface area contributed by atoms with E-state index in [1.165, 1.54) is 17.7 Å². The summed E-state index contributed by atoms with van der Waals surface area (Å²) in [4.78, 5) is 12.6. The monoisotopic (exact) mass is 317 g/mol. The normalized spacial score (nSPS) is 11.0. The molecule has 0 aliphatic heterocycles. The van der Waals surface area contributed by atoms with Gasteiger partial charge in [-0.1, -0.05) is 42.0 Å². The number of allylic oxidation sites excluding steroid dienone is 1. The Bertz CT molecular complexity index is 873. The number of phenols is 1. The van der Waals surface area contributed by atoms with Crippen molar-refractivity contribution in [2.75, 3.05) is 0 Å². The summed E-state index contributed by atoms with van der Waals surface area (Å²) in [5, 5.41) is 9.34. The molecule has 1 aromatic heterocycles. The van der Waals surface area contributed by atoms with Crippen molar-refractivity contribution < 1.29 is 9.90 Å². The van der Waals surface area contributed by atoms with Gasteiger partial charge in [-0.25, -0.2) is 0 Å². The lowest BCUT2D eigenvalue weighted by Crippen LogP contribution is -2.08. The first-order valence-corrected chi connectivity index (χ1v) is 7.85. The molecule has 0 bridgehead atoms. The molecule has 0 aliphatic carbocycles. The lowest BCUT2D eigenvalue weighted by molar-refractivity contribution is 0.103. The molecule has 2 aromatic carbocycles. The number of aryl methyl sites for hydroxylation is 1. The van der Waals surface area contributed by atoms with Crippen LogP contribution in [-0.4, -0.2) is 15.5 Å². The molecule has 0 unspecified atom stereocenters. The summed E-state index contributed by atoms with van der Waals surface area (Å²) in [6, 6.07) is 18.3. The van der Waals surface area contributed by atoms with Crippen molar-refractivity contribution in [3.63, 3.8) is 0 Å². The fourth-order valence-electron chi connectivity index (χ4n) is 2.62. The van der Waals surface area contributed by atoms with Crippen molar-refractivity contribution in [3.05, 3.63) is 95.3 Å². The summed E-state index contributed by atoms with van der Waals surface area (Å²) < 4.78 is 1.92. The Morgan fingerprint density at radius 2 is 1.88 bits per heavy atom. The number of ketones is 1. The summed E-state index contributed by atoms with van der Waals surface area (Å²) in [6.45, 7) is 2.69. The summed E-state index contributed by atoms with van der Waals surface area (Å²) >= 11 is 0. The van der Waals surface area contributed by atoms with Gasteiger partial charge >= 0.3 is 0 Å². The predicted octanol–water partition coefficient (Wildman–Crippen LogP) is 4.45. The van der Waals surface area contributed by atoms with Crippen molar-refractivity contribution in [1.29, 1.82) is 0 Å². The lowest BCUT2D eigenvalue weighted by atomic mass is 10.1. The molecule has 0 fully saturated rings. The second-order valence-electron chi connectivity index (χ2n) is 5.74. The number of rotatable bonds is 5. The van der Waals surface area contributed by atoms with Gasteiger partial charge in [0.25, 0.3) is 0 Å². The van der Waals surface area contributed by atoms with E-state index in [1.807, 2.05) is 35.0 Å². The molecular weight excluding hydrogens is 298 g/mol. The van der Waals surface area contributed by atoms with Crippen LogP contribution in [0.4, 0.5) is 0 Å². The number of aromatic hydroxyl groups is 1. The number of nitrogens with zero attached hydrogens (tertiary/aromatic N) is 1. The van der Waals surface area contributed by atoms with Crippen LogP contribution < -0.4 is 0 Å². The molecule has 0 atom stereocenters. The lowest BCUT2D eigenvalue weighted by Gasteiger charge is -2.06. The van der Waals surface area contributed by atoms with E-state index in [0.717, 1.165) is 5.56 Å². The Morgan fingerprint density at radius 1 is 1.08 bits per heavy atom. The van der Waals surface area contributed by atoms with Gasteiger partial charge < -0.3 is 9.67 Å². The standard InChI is InChI=1S/C21H19NO2/c1-16-5-2-6-17(15-16)7-3-13-22-14-4-8-20(22)21(24)18-9-11-19(23)12-10-18/h2-12,14-15,23H,13H2,1H3/b7-3+. The van der Waals surface area contributed by atoms with Crippen molar-refractivity contribution in [2.24, 2.45) is 0 Å². The number of hydrogen-bond acceptors (Lipinski definition) is 2. The first kappa shape index (κ1) is 15.8. The van der Waals surface area contributed by atoms with Crippen LogP contribution in [0.1, 0.15) is 27.2 Å². The van der Waals surface area contributed by atoms with Gasteiger partial charge in [-0.15, -0.1) is 0 Å². The van der Waals surface area contributed by atoms with Crippen molar-refractivity contribution in [3.8, 4) is 5.75 Å². The molecular formula is C21H19NO2. The fourth-order valence-corrected chi connectivity index (χ4v) is 2.62. The summed E-state index contributed by atoms with van der Waals surface area (Å²) in [7, 11) is 0. The zero-order valence-corrected chi connectivity index (χ0v) is 13.5. The minimum Gasteiger partial charge on any atom is -0.508 e. The number of phenolic OH excluding ortho intramolecular Hbond substituents is 1. The predicted molar refractivity (Wildman–Crippen MR) is 96.2 cm³/mol. The van der Waals surface area contributed by atoms with Crippen molar-refractivity contribution in [2.45, 2.75) is 13.5 Å². The smallest absolute Gasteiger partial charge is 0.209 e. The molecule has 0 aliphatic rings. The number of carbonyl (C=O) groups excluding carboxylic acids is 1. The Balaban J connectivity index is 1.75. The third-order valence-corrected chi connectivity index (χ3v) is 3.85. The van der Waals surface area contributed by atoms with E-state index in [4.69, 9.17) is 0 Å². The highest BCUT2D eigenvalue weighted by atomic mass is 16.3. The molecule has 0 amide bonds. The van der Waals surface area contributed by atoms with Gasteiger partial charge in [0.05, 0.1) is 5.69 Å². The van der Waals surface area contributed by atoms with Gasteiger partial charge in [0.2, 0.25) is 5.78 Å². The van der Waals surface area contributed by atoms with Crippen LogP contribution in [0, 0.1) is 6.92 Å². The average Bonchev–Trinajstić information content (AvgIpc) is 3.03. The summed E-state index contributed by atoms with van der Waals surface area (Å²) in [5.41, 5.74) is 3.57. The molecule has 120 valence electrons. The van der Waals surface area contributed by atoms with E-state index in [1.54, 1.807) is 12.1 Å². The van der Waals surface area contributed by atoms with Crippen molar-refractivity contribution in [1.82, 2.24) is 4.57 Å². The molecule has 24 heavy (non-hydrogen) atoms. The molecule has 3 rings (SSSR count). The molecule has 0 spiro atoms. The highest BCUT2D eigenvalue weighted by Gasteiger charge is 2.12. The number of benzene rings is 2. The Hall–Kier alpha value is -3.07. The van der Waals surface area contributed by atoms with Crippen LogP contribution in [0.5, 0.6) is 5.75 Å². The molecule has 3 heteroatoms. The quantitative estimate of drug-likeness (QED) is 0.707. The van der Waals surface area contributed by atoms with E-state index >= 15 is 0 Å². The van der Waals surface area contributed by atoms with E-state index in [-0.39, 0.29) is 11.5 Å². The highest BCUT2D eigenvalue weighted by molar-refractivity contribution is 6.08. The van der Waals surface area contributed by atoms with E-state index in [2.05, 4.69) is 31.2 Å². The van der Waals surface area contributed by atoms with Gasteiger partial charge in [0, 0.05) is 18.3 Å². The van der Waals surface area contributed by atoms with Gasteiger partial charge in [-0.05, 0) is 48.9 Å². The van der Waals surface area contributed by atoms with Crippen LogP contribution in [0.15, 0.2) is 72.9 Å². The Labute approximate surface area is 141 Å². The first-order chi connectivity index (χ1) is 11.6. The Morgan fingerprint density at radius 3 is 2.62 bits per heavy atom. The molecule has 0 saturated carbocycles. The molecule has 0 saturated heterocycles. The maximum atomic E-state index is 12.6. The summed E-state index contributed by atoms with van der Waals surface area (Å²) in [6.07, 6.45) is 6.00. The zero-order chi connectivity index (χ0) is 16.9. The van der Waals surface area contributed by atoms with Gasteiger partial charge in [0.1, 0.15) is 5.75 Å². The third-order valence-electron chi connectivity index (χ3n) is 3.85. The Kier molecular flexibility index (Phi) is 4.62. The summed E-state index contributed by atoms with van der Waals surface area (Å²) in [5.74, 6) is 0.104. The number of carbonyl (C=O) groups is 1. The van der Waals surface area contributed by atoms with Crippen LogP contribution in [0.25, 0.3) is 6.08 Å². The van der Waals surface area contributed by atoms with E-state index in [9.17, 15) is 9.90 Å². The molecule has 1 heterocycles. The van der Waals surface area contributed by atoms with Crippen LogP contribution in [0.2, 0.25) is 0 Å². The minimum atomic E-state index is -0.0519. The maximum absolute atomic E-state index is 12.6. The van der Waals surface area contributed by atoms with Gasteiger partial charge in [0.15, 0.2) is 0 Å². The fraction of sp³-hybridized carbons (Fsp3) is 0.0952. The molecule has 3 nitrogen and oxygen atoms in total. The number of aromatic nitrogens is 1. The SMILES string of the molecule is Cc1cccc(/C=C/Cn2cccc2C(=O)c2ccc(O)cc2)c1. The molecule has 3 aromatic rings. The zero-order valence-electron chi connectivity index (χ0n) is 13.5. The van der Waals surface area contributed by atoms with Crippen LogP contribution in [-0.2, 0) is 6.54 Å². The van der Waals surface area contributed by atoms with Gasteiger partial charge in [-0.3, -0.25) is 4.79 Å². The molecule has 1 N–H and O–H groups in total. The van der Waals surface area contributed by atoms with E-state index in [0.29, 0.717) is 17.8 Å². The molecule has 0 radical (unpaired) electrons. The average molecular weight is 317 g/mol. The first-order valence-electron chi connectivity index (χ1n) is 7.85. The topological polar surface area (TPSA) is 42.2 Å². The largest absolute Gasteiger partial charge is 0.508 e. The second kappa shape index (κ2) is 7.01. The number of hydrogen-bond donors (Lipinski definition) is 1.